The van der Waals surface area contributed by atoms with Gasteiger partial charge in [0.15, 0.2) is 18.1 Å². The molecule has 0 radical (unpaired) electrons. The Balaban J connectivity index is 2.20. The Morgan fingerprint density at radius 1 is 0.705 bits per heavy atom. The van der Waals surface area contributed by atoms with Crippen LogP contribution in [0.25, 0.3) is 0 Å². The smallest absolute Gasteiger partial charge is 0.306 e. The van der Waals surface area contributed by atoms with Crippen molar-refractivity contribution in [2.45, 2.75) is 112 Å². The van der Waals surface area contributed by atoms with Gasteiger partial charge in [0, 0.05) is 16.5 Å². The van der Waals surface area contributed by atoms with Crippen LogP contribution in [0.4, 0.5) is 0 Å². The number of aromatic hydroxyl groups is 2. The summed E-state index contributed by atoms with van der Waals surface area (Å²) < 4.78 is 5.91. The number of hydrogen-bond acceptors (Lipinski definition) is 5. The number of benzene rings is 1. The first-order valence-electron chi connectivity index (χ1n) is 15.8. The summed E-state index contributed by atoms with van der Waals surface area (Å²) in [6.45, 7) is 13.0. The standard InChI is InChI=1S/C37H54INO5/c1-27(2)12-9-15-30(5)18-10-16-28(3)13-7-8-14-29(4)17-11-19-31(6)20-21-37(43)44-26-36(42)39-23-22-32-24-34(40)35(41)25-33(32)38/h12-14,18-19,24-25,40-41H,7-11,15-17,20-23,26H2,1-6H3,(H,39,42)/b28-13+,29-14+,30-18-,31-19+. The summed E-state index contributed by atoms with van der Waals surface area (Å²) in [7, 11) is 0. The van der Waals surface area contributed by atoms with Crippen molar-refractivity contribution in [3.05, 3.63) is 79.5 Å². The van der Waals surface area contributed by atoms with Gasteiger partial charge in [0.2, 0.25) is 0 Å². The Labute approximate surface area is 279 Å². The number of esters is 1. The molecule has 0 aliphatic rings. The van der Waals surface area contributed by atoms with Crippen LogP contribution in [0.15, 0.2) is 70.4 Å². The third-order valence-electron chi connectivity index (χ3n) is 7.25. The zero-order valence-electron chi connectivity index (χ0n) is 27.7. The second-order valence-electron chi connectivity index (χ2n) is 11.9. The lowest BCUT2D eigenvalue weighted by Crippen LogP contribution is -2.30. The number of allylic oxidation sites excluding steroid dienone is 10. The molecule has 0 aliphatic heterocycles. The van der Waals surface area contributed by atoms with E-state index in [1.807, 2.05) is 6.92 Å². The maximum Gasteiger partial charge on any atom is 0.306 e. The van der Waals surface area contributed by atoms with Crippen LogP contribution in [0.1, 0.15) is 111 Å². The van der Waals surface area contributed by atoms with Crippen LogP contribution >= 0.6 is 22.6 Å². The van der Waals surface area contributed by atoms with Crippen LogP contribution in [0.5, 0.6) is 11.5 Å². The molecular formula is C37H54INO5. The number of carbonyl (C=O) groups excluding carboxylic acids is 2. The molecule has 0 heterocycles. The van der Waals surface area contributed by atoms with E-state index in [9.17, 15) is 19.8 Å². The number of phenols is 2. The molecule has 0 fully saturated rings. The topological polar surface area (TPSA) is 95.9 Å². The summed E-state index contributed by atoms with van der Waals surface area (Å²) in [6.07, 6.45) is 21.5. The maximum absolute atomic E-state index is 12.1. The zero-order chi connectivity index (χ0) is 32.9. The van der Waals surface area contributed by atoms with Crippen molar-refractivity contribution in [2.75, 3.05) is 13.2 Å². The highest BCUT2D eigenvalue weighted by Gasteiger charge is 2.10. The summed E-state index contributed by atoms with van der Waals surface area (Å²) in [6, 6.07) is 2.95. The second-order valence-corrected chi connectivity index (χ2v) is 13.0. The van der Waals surface area contributed by atoms with Gasteiger partial charge in [-0.15, -0.1) is 0 Å². The summed E-state index contributed by atoms with van der Waals surface area (Å²) in [4.78, 5) is 24.1. The molecule has 244 valence electrons. The predicted octanol–water partition coefficient (Wildman–Crippen LogP) is 9.56. The van der Waals surface area contributed by atoms with Crippen LogP contribution in [0.3, 0.4) is 0 Å². The van der Waals surface area contributed by atoms with Gasteiger partial charge in [0.1, 0.15) is 0 Å². The Hall–Kier alpha value is -2.81. The zero-order valence-corrected chi connectivity index (χ0v) is 29.9. The molecule has 0 unspecified atom stereocenters. The van der Waals surface area contributed by atoms with Gasteiger partial charge in [0.25, 0.3) is 5.91 Å². The molecule has 0 aromatic heterocycles. The van der Waals surface area contributed by atoms with E-state index >= 15 is 0 Å². The molecule has 1 aromatic carbocycles. The molecular weight excluding hydrogens is 665 g/mol. The van der Waals surface area contributed by atoms with Crippen molar-refractivity contribution >= 4 is 34.5 Å². The first-order valence-corrected chi connectivity index (χ1v) is 16.8. The lowest BCUT2D eigenvalue weighted by Gasteiger charge is -2.09. The molecule has 44 heavy (non-hydrogen) atoms. The molecule has 1 amide bonds. The molecule has 0 bridgehead atoms. The average Bonchev–Trinajstić information content (AvgIpc) is 2.95. The van der Waals surface area contributed by atoms with Crippen LogP contribution in [-0.2, 0) is 20.7 Å². The van der Waals surface area contributed by atoms with Crippen LogP contribution in [0.2, 0.25) is 0 Å². The SMILES string of the molecule is CC(C)=CCC/C(C)=C\CC/C(C)=C/CC/C=C(\C)CC/C=C(\C)CCC(=O)OCC(=O)NCCc1cc(O)c(O)cc1I. The van der Waals surface area contributed by atoms with Crippen molar-refractivity contribution in [3.63, 3.8) is 0 Å². The Morgan fingerprint density at radius 2 is 1.18 bits per heavy atom. The van der Waals surface area contributed by atoms with Gasteiger partial charge in [0.05, 0.1) is 0 Å². The molecule has 3 N–H and O–H groups in total. The van der Waals surface area contributed by atoms with Gasteiger partial charge in [-0.3, -0.25) is 9.59 Å². The van der Waals surface area contributed by atoms with Crippen molar-refractivity contribution < 1.29 is 24.5 Å². The van der Waals surface area contributed by atoms with Gasteiger partial charge in [-0.05, 0) is 146 Å². The third-order valence-corrected chi connectivity index (χ3v) is 8.26. The number of hydrogen-bond donors (Lipinski definition) is 3. The highest BCUT2D eigenvalue weighted by atomic mass is 127. The van der Waals surface area contributed by atoms with E-state index < -0.39 is 5.97 Å². The van der Waals surface area contributed by atoms with Crippen molar-refractivity contribution in [3.8, 4) is 11.5 Å². The molecule has 7 heteroatoms. The van der Waals surface area contributed by atoms with E-state index in [4.69, 9.17) is 4.74 Å². The highest BCUT2D eigenvalue weighted by Crippen LogP contribution is 2.29. The van der Waals surface area contributed by atoms with E-state index in [2.05, 4.69) is 92.9 Å². The van der Waals surface area contributed by atoms with Crippen LogP contribution in [-0.4, -0.2) is 35.2 Å². The number of nitrogens with one attached hydrogen (secondary N) is 1. The van der Waals surface area contributed by atoms with Gasteiger partial charge in [-0.25, -0.2) is 0 Å². The lowest BCUT2D eigenvalue weighted by atomic mass is 10.0. The first-order chi connectivity index (χ1) is 20.9. The molecule has 0 spiro atoms. The lowest BCUT2D eigenvalue weighted by molar-refractivity contribution is -0.148. The van der Waals surface area contributed by atoms with Gasteiger partial charge in [-0.2, -0.15) is 0 Å². The number of carbonyl (C=O) groups is 2. The number of amides is 1. The molecule has 6 nitrogen and oxygen atoms in total. The molecule has 1 rings (SSSR count). The van der Waals surface area contributed by atoms with Gasteiger partial charge >= 0.3 is 5.97 Å². The Morgan fingerprint density at radius 3 is 1.73 bits per heavy atom. The quantitative estimate of drug-likeness (QED) is 0.0410. The molecule has 0 saturated heterocycles. The van der Waals surface area contributed by atoms with Crippen molar-refractivity contribution in [1.82, 2.24) is 5.32 Å². The number of unbranched alkanes of at least 4 members (excludes halogenated alkanes) is 1. The number of phenolic OH excluding ortho intramolecular Hbond substituents is 2. The van der Waals surface area contributed by atoms with Crippen molar-refractivity contribution in [1.29, 1.82) is 0 Å². The highest BCUT2D eigenvalue weighted by molar-refractivity contribution is 14.1. The number of ether oxygens (including phenoxy) is 1. The summed E-state index contributed by atoms with van der Waals surface area (Å²) in [5.41, 5.74) is 7.68. The Bertz CT molecular complexity index is 1220. The fraction of sp³-hybridized carbons (Fsp3) is 0.514. The van der Waals surface area contributed by atoms with Crippen LogP contribution < -0.4 is 5.32 Å². The van der Waals surface area contributed by atoms with Crippen LogP contribution in [0, 0.1) is 3.57 Å². The van der Waals surface area contributed by atoms with E-state index in [0.717, 1.165) is 66.1 Å². The minimum absolute atomic E-state index is 0.175. The molecule has 0 saturated carbocycles. The fourth-order valence-electron chi connectivity index (χ4n) is 4.44. The Kier molecular flexibility index (Phi) is 20.2. The second kappa shape index (κ2) is 22.7. The summed E-state index contributed by atoms with van der Waals surface area (Å²) in [5, 5.41) is 21.9. The maximum atomic E-state index is 12.1. The average molecular weight is 720 g/mol. The number of rotatable bonds is 20. The van der Waals surface area contributed by atoms with E-state index in [-0.39, 0.29) is 30.4 Å². The molecule has 1 aromatic rings. The number of halogens is 1. The third kappa shape index (κ3) is 19.5. The fourth-order valence-corrected chi connectivity index (χ4v) is 5.16. The van der Waals surface area contributed by atoms with Gasteiger partial charge < -0.3 is 20.3 Å². The predicted molar refractivity (Wildman–Crippen MR) is 191 cm³/mol. The van der Waals surface area contributed by atoms with E-state index in [1.165, 1.54) is 34.4 Å². The first kappa shape index (κ1) is 39.2. The molecule has 0 aliphatic carbocycles. The van der Waals surface area contributed by atoms with Gasteiger partial charge in [-0.1, -0.05) is 58.2 Å². The van der Waals surface area contributed by atoms with Crippen molar-refractivity contribution in [2.24, 2.45) is 0 Å². The summed E-state index contributed by atoms with van der Waals surface area (Å²) in [5.74, 6) is -1.13. The minimum Gasteiger partial charge on any atom is -0.504 e. The largest absolute Gasteiger partial charge is 0.504 e. The monoisotopic (exact) mass is 719 g/mol. The molecule has 0 atom stereocenters. The van der Waals surface area contributed by atoms with E-state index in [0.29, 0.717) is 19.4 Å². The normalized spacial score (nSPS) is 12.7. The summed E-state index contributed by atoms with van der Waals surface area (Å²) >= 11 is 2.06. The minimum atomic E-state index is -0.393. The van der Waals surface area contributed by atoms with E-state index in [1.54, 1.807) is 0 Å².